The molecular weight excluding hydrogens is 230 g/mol. The molecule has 1 aromatic rings. The van der Waals surface area contributed by atoms with Crippen LogP contribution in [0, 0.1) is 6.92 Å². The minimum Gasteiger partial charge on any atom is -0.361 e. The number of carbonyl (C=O) groups is 1. The number of hydrogen-bond donors (Lipinski definition) is 1. The molecule has 1 N–H and O–H groups in total. The van der Waals surface area contributed by atoms with Crippen LogP contribution in [0.1, 0.15) is 41.9 Å². The number of nitrogens with one attached hydrogen (secondary N) is 1. The number of fused-ring (bicyclic) bond motifs is 2. The number of hydrogen-bond acceptors (Lipinski definition) is 4. The summed E-state index contributed by atoms with van der Waals surface area (Å²) in [4.78, 5) is 14.1. The van der Waals surface area contributed by atoms with E-state index in [0.29, 0.717) is 29.6 Å². The molecule has 2 unspecified atom stereocenters. The standard InChI is InChI=1S/C13H19N3O2/c1-8-5-12(15-18-8)13(17)16(2)11-6-9-3-4-10(7-11)14-9/h5,9-11,14H,3-4,6-7H2,1-2H3. The van der Waals surface area contributed by atoms with E-state index >= 15 is 0 Å². The van der Waals surface area contributed by atoms with Gasteiger partial charge in [0, 0.05) is 31.2 Å². The van der Waals surface area contributed by atoms with Crippen LogP contribution in [0.25, 0.3) is 0 Å². The smallest absolute Gasteiger partial charge is 0.276 e. The van der Waals surface area contributed by atoms with Crippen LogP contribution < -0.4 is 5.32 Å². The fourth-order valence-corrected chi connectivity index (χ4v) is 3.16. The molecule has 18 heavy (non-hydrogen) atoms. The van der Waals surface area contributed by atoms with Gasteiger partial charge in [0.05, 0.1) is 0 Å². The average molecular weight is 249 g/mol. The van der Waals surface area contributed by atoms with Crippen molar-refractivity contribution in [3.63, 3.8) is 0 Å². The second-order valence-electron chi connectivity index (χ2n) is 5.50. The van der Waals surface area contributed by atoms with Crippen LogP contribution in [0.4, 0.5) is 0 Å². The highest BCUT2D eigenvalue weighted by atomic mass is 16.5. The molecule has 1 amide bonds. The maximum absolute atomic E-state index is 12.3. The Kier molecular flexibility index (Phi) is 2.86. The van der Waals surface area contributed by atoms with E-state index in [4.69, 9.17) is 4.52 Å². The Bertz CT molecular complexity index is 445. The van der Waals surface area contributed by atoms with Gasteiger partial charge >= 0.3 is 0 Å². The van der Waals surface area contributed by atoms with Crippen LogP contribution in [0.5, 0.6) is 0 Å². The normalized spacial score (nSPS) is 30.4. The molecular formula is C13H19N3O2. The Labute approximate surface area is 107 Å². The number of carbonyl (C=O) groups excluding carboxylic acids is 1. The summed E-state index contributed by atoms with van der Waals surface area (Å²) in [5.41, 5.74) is 0.417. The molecule has 0 aromatic carbocycles. The lowest BCUT2D eigenvalue weighted by atomic mass is 9.98. The van der Waals surface area contributed by atoms with Crippen molar-refractivity contribution in [3.05, 3.63) is 17.5 Å². The highest BCUT2D eigenvalue weighted by Gasteiger charge is 2.36. The third-order valence-electron chi connectivity index (χ3n) is 4.16. The largest absolute Gasteiger partial charge is 0.361 e. The van der Waals surface area contributed by atoms with E-state index in [1.54, 1.807) is 13.0 Å². The molecule has 3 rings (SSSR count). The summed E-state index contributed by atoms with van der Waals surface area (Å²) in [6.07, 6.45) is 4.59. The van der Waals surface area contributed by atoms with Crippen molar-refractivity contribution in [2.75, 3.05) is 7.05 Å². The number of piperidine rings is 1. The van der Waals surface area contributed by atoms with Gasteiger partial charge in [-0.15, -0.1) is 0 Å². The number of aromatic nitrogens is 1. The topological polar surface area (TPSA) is 58.4 Å². The van der Waals surface area contributed by atoms with Crippen molar-refractivity contribution >= 4 is 5.91 Å². The summed E-state index contributed by atoms with van der Waals surface area (Å²) in [5.74, 6) is 0.648. The summed E-state index contributed by atoms with van der Waals surface area (Å²) < 4.78 is 4.97. The molecule has 98 valence electrons. The van der Waals surface area contributed by atoms with Gasteiger partial charge in [0.15, 0.2) is 5.69 Å². The summed E-state index contributed by atoms with van der Waals surface area (Å²) in [5, 5.41) is 7.39. The second-order valence-corrected chi connectivity index (χ2v) is 5.50. The Balaban J connectivity index is 1.70. The second kappa shape index (κ2) is 4.39. The number of nitrogens with zero attached hydrogens (tertiary/aromatic N) is 2. The first-order valence-electron chi connectivity index (χ1n) is 6.60. The molecule has 2 bridgehead atoms. The van der Waals surface area contributed by atoms with E-state index < -0.39 is 0 Å². The molecule has 0 saturated carbocycles. The maximum atomic E-state index is 12.3. The molecule has 2 fully saturated rings. The molecule has 2 aliphatic rings. The minimum atomic E-state index is -0.0295. The highest BCUT2D eigenvalue weighted by Crippen LogP contribution is 2.29. The van der Waals surface area contributed by atoms with Crippen LogP contribution in [0.15, 0.2) is 10.6 Å². The van der Waals surface area contributed by atoms with E-state index in [2.05, 4.69) is 10.5 Å². The molecule has 0 radical (unpaired) electrons. The van der Waals surface area contributed by atoms with Crippen molar-refractivity contribution in [1.82, 2.24) is 15.4 Å². The minimum absolute atomic E-state index is 0.0295. The van der Waals surface area contributed by atoms with Gasteiger partial charge in [-0.25, -0.2) is 0 Å². The molecule has 3 heterocycles. The SMILES string of the molecule is Cc1cc(C(=O)N(C)C2CC3CCC(C2)N3)no1. The van der Waals surface area contributed by atoms with Gasteiger partial charge in [0.1, 0.15) is 5.76 Å². The first kappa shape index (κ1) is 11.7. The first-order valence-corrected chi connectivity index (χ1v) is 6.60. The monoisotopic (exact) mass is 249 g/mol. The van der Waals surface area contributed by atoms with E-state index in [1.165, 1.54) is 12.8 Å². The maximum Gasteiger partial charge on any atom is 0.276 e. The predicted molar refractivity (Wildman–Crippen MR) is 66.3 cm³/mol. The van der Waals surface area contributed by atoms with Crippen molar-refractivity contribution in [3.8, 4) is 0 Å². The van der Waals surface area contributed by atoms with Gasteiger partial charge in [-0.05, 0) is 32.6 Å². The summed E-state index contributed by atoms with van der Waals surface area (Å²) in [6.45, 7) is 1.80. The van der Waals surface area contributed by atoms with E-state index in [0.717, 1.165) is 12.8 Å². The van der Waals surface area contributed by atoms with Crippen molar-refractivity contribution < 1.29 is 9.32 Å². The van der Waals surface area contributed by atoms with Gasteiger partial charge < -0.3 is 14.7 Å². The van der Waals surface area contributed by atoms with Gasteiger partial charge in [0.25, 0.3) is 5.91 Å². The molecule has 2 aliphatic heterocycles. The highest BCUT2D eigenvalue weighted by molar-refractivity contribution is 5.92. The Morgan fingerprint density at radius 3 is 2.67 bits per heavy atom. The molecule has 0 aliphatic carbocycles. The van der Waals surface area contributed by atoms with E-state index in [9.17, 15) is 4.79 Å². The van der Waals surface area contributed by atoms with Crippen LogP contribution in [0.2, 0.25) is 0 Å². The number of aryl methyl sites for hydroxylation is 1. The van der Waals surface area contributed by atoms with Gasteiger partial charge in [-0.3, -0.25) is 4.79 Å². The lowest BCUT2D eigenvalue weighted by Crippen LogP contribution is -2.48. The quantitative estimate of drug-likeness (QED) is 0.859. The van der Waals surface area contributed by atoms with E-state index in [-0.39, 0.29) is 5.91 Å². The zero-order valence-electron chi connectivity index (χ0n) is 10.8. The Morgan fingerprint density at radius 2 is 2.11 bits per heavy atom. The molecule has 2 atom stereocenters. The molecule has 5 heteroatoms. The molecule has 1 aromatic heterocycles. The lowest BCUT2D eigenvalue weighted by molar-refractivity contribution is 0.0671. The van der Waals surface area contributed by atoms with Gasteiger partial charge in [-0.1, -0.05) is 5.16 Å². The zero-order chi connectivity index (χ0) is 12.7. The van der Waals surface area contributed by atoms with Crippen molar-refractivity contribution in [2.45, 2.75) is 50.7 Å². The molecule has 2 saturated heterocycles. The summed E-state index contributed by atoms with van der Waals surface area (Å²) in [7, 11) is 1.88. The van der Waals surface area contributed by atoms with Crippen molar-refractivity contribution in [2.24, 2.45) is 0 Å². The fraction of sp³-hybridized carbons (Fsp3) is 0.692. The lowest BCUT2D eigenvalue weighted by Gasteiger charge is -2.35. The third-order valence-corrected chi connectivity index (χ3v) is 4.16. The van der Waals surface area contributed by atoms with Crippen LogP contribution in [-0.2, 0) is 0 Å². The predicted octanol–water partition coefficient (Wildman–Crippen LogP) is 1.34. The number of rotatable bonds is 2. The van der Waals surface area contributed by atoms with Gasteiger partial charge in [0.2, 0.25) is 0 Å². The Hall–Kier alpha value is -1.36. The van der Waals surface area contributed by atoms with Crippen molar-refractivity contribution in [1.29, 1.82) is 0 Å². The Morgan fingerprint density at radius 1 is 1.44 bits per heavy atom. The summed E-state index contributed by atoms with van der Waals surface area (Å²) in [6, 6.07) is 3.20. The van der Waals surface area contributed by atoms with E-state index in [1.807, 2.05) is 11.9 Å². The van der Waals surface area contributed by atoms with Crippen LogP contribution in [-0.4, -0.2) is 41.1 Å². The zero-order valence-corrected chi connectivity index (χ0v) is 10.8. The van der Waals surface area contributed by atoms with Gasteiger partial charge in [-0.2, -0.15) is 0 Å². The number of amides is 1. The average Bonchev–Trinajstić information content (AvgIpc) is 2.94. The molecule has 5 nitrogen and oxygen atoms in total. The van der Waals surface area contributed by atoms with Crippen LogP contribution >= 0.6 is 0 Å². The van der Waals surface area contributed by atoms with Crippen LogP contribution in [0.3, 0.4) is 0 Å². The first-order chi connectivity index (χ1) is 8.63. The molecule has 0 spiro atoms. The fourth-order valence-electron chi connectivity index (χ4n) is 3.16. The summed E-state index contributed by atoms with van der Waals surface area (Å²) >= 11 is 0. The third kappa shape index (κ3) is 2.03.